The molecule has 2 aromatic heterocycles. The second-order valence-electron chi connectivity index (χ2n) is 14.9. The standard InChI is InChI=1S/C42H30F10N4/c43-31-29(32(44)36(48)39(51)35(31)47)27-19-7-11-23(53-19)41(15-3-1-4-16-41)24-12-8-20(54-24)28(30-33(45)37(49)40(52)38(50)34(30)46)22-10-14-26(56-22)42(17-5-2-6-18-42)25-13-9-21(27)55-25/h7-14,53-54H,1-6,15-18H2/b27-21+,28-22+. The molecule has 2 aliphatic carbocycles. The molecule has 4 aromatic rings. The van der Waals surface area contributed by atoms with E-state index >= 15 is 17.6 Å². The Balaban J connectivity index is 1.38. The maximum atomic E-state index is 15.8. The Morgan fingerprint density at radius 3 is 1.11 bits per heavy atom. The number of aliphatic imine (C=N–C) groups is 2. The number of fused-ring (bicyclic) bond motifs is 10. The first kappa shape index (κ1) is 36.3. The number of rotatable bonds is 2. The summed E-state index contributed by atoms with van der Waals surface area (Å²) in [5.41, 5.74) is -3.49. The van der Waals surface area contributed by atoms with Gasteiger partial charge in [-0.1, -0.05) is 38.5 Å². The Morgan fingerprint density at radius 2 is 0.732 bits per heavy atom. The van der Waals surface area contributed by atoms with Crippen molar-refractivity contribution in [3.8, 4) is 0 Å². The zero-order valence-corrected chi connectivity index (χ0v) is 29.4. The smallest absolute Gasteiger partial charge is 0.200 e. The van der Waals surface area contributed by atoms with Crippen molar-refractivity contribution in [3.63, 3.8) is 0 Å². The summed E-state index contributed by atoms with van der Waals surface area (Å²) in [4.78, 5) is 16.1. The molecule has 0 saturated heterocycles. The summed E-state index contributed by atoms with van der Waals surface area (Å²) in [5, 5.41) is 0. The Labute approximate surface area is 313 Å². The second kappa shape index (κ2) is 13.1. The predicted molar refractivity (Wildman–Crippen MR) is 189 cm³/mol. The highest BCUT2D eigenvalue weighted by Gasteiger charge is 2.44. The minimum Gasteiger partial charge on any atom is -0.358 e. The highest BCUT2D eigenvalue weighted by atomic mass is 19.2. The first-order valence-electron chi connectivity index (χ1n) is 18.3. The molecule has 2 fully saturated rings. The van der Waals surface area contributed by atoms with Gasteiger partial charge in [-0.25, -0.2) is 43.9 Å². The van der Waals surface area contributed by atoms with Crippen molar-refractivity contribution in [2.24, 2.45) is 15.4 Å². The van der Waals surface area contributed by atoms with Gasteiger partial charge >= 0.3 is 0 Å². The largest absolute Gasteiger partial charge is 0.358 e. The molecule has 2 N–H and O–H groups in total. The number of H-pyrrole nitrogens is 2. The normalized spacial score (nSPS) is 22.4. The van der Waals surface area contributed by atoms with Gasteiger partial charge in [-0.2, -0.15) is 0 Å². The van der Waals surface area contributed by atoms with E-state index in [0.29, 0.717) is 74.2 Å². The van der Waals surface area contributed by atoms with Crippen LogP contribution in [-0.2, 0) is 5.41 Å². The molecule has 5 aliphatic rings. The van der Waals surface area contributed by atoms with E-state index in [2.05, 4.69) is 9.97 Å². The highest BCUT2D eigenvalue weighted by Crippen LogP contribution is 2.49. The molecule has 5 heterocycles. The fourth-order valence-electron chi connectivity index (χ4n) is 9.26. The van der Waals surface area contributed by atoms with E-state index in [-0.39, 0.29) is 33.9 Å². The highest BCUT2D eigenvalue weighted by molar-refractivity contribution is 6.23. The summed E-state index contributed by atoms with van der Waals surface area (Å²) < 4.78 is 151. The van der Waals surface area contributed by atoms with E-state index in [0.717, 1.165) is 12.8 Å². The fraction of sp³-hybridized carbons (Fsp3) is 0.286. The zero-order chi connectivity index (χ0) is 39.3. The van der Waals surface area contributed by atoms with Gasteiger partial charge in [0.1, 0.15) is 0 Å². The van der Waals surface area contributed by atoms with Gasteiger partial charge in [-0.3, -0.25) is 9.98 Å². The molecule has 2 saturated carbocycles. The van der Waals surface area contributed by atoms with Gasteiger partial charge in [-0.05, 0) is 74.3 Å². The molecule has 4 nitrogen and oxygen atoms in total. The molecule has 0 atom stereocenters. The quantitative estimate of drug-likeness (QED) is 0.116. The minimum absolute atomic E-state index is 0.0109. The summed E-state index contributed by atoms with van der Waals surface area (Å²) in [5.74, 6) is -21.2. The number of hydrogen-bond donors (Lipinski definition) is 2. The number of nitrogens with one attached hydrogen (secondary N) is 2. The van der Waals surface area contributed by atoms with E-state index in [4.69, 9.17) is 9.98 Å². The SMILES string of the molecule is Fc1c(F)c(F)c(/C2=C3\C=CC(=N3)C3(CCCCC3)C3=N/C(=C(/c4c(F)c(F)c(F)c(F)c4F)c4ccc([nH]4)C4(CCCCC4)c4ccc2[nH]4)C=C3)c(F)c1F. The van der Waals surface area contributed by atoms with Crippen molar-refractivity contribution in [1.82, 2.24) is 9.97 Å². The van der Waals surface area contributed by atoms with Crippen LogP contribution in [0.2, 0.25) is 0 Å². The van der Waals surface area contributed by atoms with Crippen molar-refractivity contribution < 1.29 is 43.9 Å². The summed E-state index contributed by atoms with van der Waals surface area (Å²) in [6.45, 7) is 0. The molecule has 3 aliphatic heterocycles. The van der Waals surface area contributed by atoms with Gasteiger partial charge < -0.3 is 9.97 Å². The molecular weight excluding hydrogens is 750 g/mol. The van der Waals surface area contributed by atoms with Crippen molar-refractivity contribution in [3.05, 3.63) is 152 Å². The number of aromatic amines is 2. The summed E-state index contributed by atoms with van der Waals surface area (Å²) in [6, 6.07) is 6.22. The van der Waals surface area contributed by atoms with Gasteiger partial charge in [0.25, 0.3) is 0 Å². The van der Waals surface area contributed by atoms with Crippen LogP contribution in [0.1, 0.15) is 98.1 Å². The van der Waals surface area contributed by atoms with Crippen LogP contribution in [0, 0.1) is 63.6 Å². The lowest BCUT2D eigenvalue weighted by Gasteiger charge is -2.36. The van der Waals surface area contributed by atoms with E-state index in [1.807, 2.05) is 0 Å². The van der Waals surface area contributed by atoms with Gasteiger partial charge in [0.05, 0.1) is 44.8 Å². The maximum Gasteiger partial charge on any atom is 0.200 e. The van der Waals surface area contributed by atoms with Crippen LogP contribution in [0.4, 0.5) is 43.9 Å². The summed E-state index contributed by atoms with van der Waals surface area (Å²) in [7, 11) is 0. The number of aromatic nitrogens is 2. The monoisotopic (exact) mass is 780 g/mol. The number of nitrogens with zero attached hydrogens (tertiary/aromatic N) is 2. The Hall–Kier alpha value is -5.40. The zero-order valence-electron chi connectivity index (χ0n) is 29.4. The number of benzene rings is 2. The molecule has 288 valence electrons. The van der Waals surface area contributed by atoms with Gasteiger partial charge in [0.2, 0.25) is 11.6 Å². The lowest BCUT2D eigenvalue weighted by atomic mass is 9.67. The molecule has 14 heteroatoms. The van der Waals surface area contributed by atoms with Crippen LogP contribution in [0.5, 0.6) is 0 Å². The van der Waals surface area contributed by atoms with E-state index in [9.17, 15) is 26.3 Å². The number of allylic oxidation sites excluding steroid dienone is 4. The van der Waals surface area contributed by atoms with E-state index in [1.54, 1.807) is 24.3 Å². The third-order valence-corrected chi connectivity index (χ3v) is 12.0. The molecule has 8 bridgehead atoms. The fourth-order valence-corrected chi connectivity index (χ4v) is 9.26. The average Bonchev–Trinajstić information content (AvgIpc) is 4.06. The van der Waals surface area contributed by atoms with Gasteiger partial charge in [-0.15, -0.1) is 0 Å². The van der Waals surface area contributed by atoms with Crippen LogP contribution in [0.3, 0.4) is 0 Å². The number of hydrogen-bond acceptors (Lipinski definition) is 2. The molecule has 0 unspecified atom stereocenters. The molecule has 2 aromatic carbocycles. The molecule has 9 rings (SSSR count). The van der Waals surface area contributed by atoms with Crippen molar-refractivity contribution >= 4 is 22.6 Å². The Kier molecular flexibility index (Phi) is 8.47. The maximum absolute atomic E-state index is 15.8. The van der Waals surface area contributed by atoms with Crippen LogP contribution in [0.15, 0.2) is 69.9 Å². The third-order valence-electron chi connectivity index (χ3n) is 12.0. The van der Waals surface area contributed by atoms with Gasteiger partial charge in [0.15, 0.2) is 46.5 Å². The molecule has 2 spiro atoms. The van der Waals surface area contributed by atoms with Gasteiger partial charge in [0, 0.05) is 33.9 Å². The van der Waals surface area contributed by atoms with Crippen molar-refractivity contribution in [2.75, 3.05) is 0 Å². The predicted octanol–water partition coefficient (Wildman–Crippen LogP) is 11.5. The third kappa shape index (κ3) is 5.12. The Bertz CT molecular complexity index is 2330. The topological polar surface area (TPSA) is 56.3 Å². The van der Waals surface area contributed by atoms with Crippen LogP contribution >= 0.6 is 0 Å². The lowest BCUT2D eigenvalue weighted by Crippen LogP contribution is -2.38. The Morgan fingerprint density at radius 1 is 0.393 bits per heavy atom. The number of halogens is 10. The average molecular weight is 781 g/mol. The van der Waals surface area contributed by atoms with E-state index < -0.39 is 80.1 Å². The first-order chi connectivity index (χ1) is 26.9. The lowest BCUT2D eigenvalue weighted by molar-refractivity contribution is 0.333. The van der Waals surface area contributed by atoms with Crippen LogP contribution in [0.25, 0.3) is 11.1 Å². The van der Waals surface area contributed by atoms with Crippen LogP contribution < -0.4 is 0 Å². The molecule has 56 heavy (non-hydrogen) atoms. The molecular formula is C42H30F10N4. The molecule has 0 radical (unpaired) electrons. The first-order valence-corrected chi connectivity index (χ1v) is 18.3. The second-order valence-corrected chi connectivity index (χ2v) is 14.9. The van der Waals surface area contributed by atoms with E-state index in [1.165, 1.54) is 24.3 Å². The van der Waals surface area contributed by atoms with Crippen molar-refractivity contribution in [1.29, 1.82) is 0 Å². The summed E-state index contributed by atoms with van der Waals surface area (Å²) in [6.07, 6.45) is 12.2. The summed E-state index contributed by atoms with van der Waals surface area (Å²) >= 11 is 0. The van der Waals surface area contributed by atoms with Crippen LogP contribution in [-0.4, -0.2) is 21.4 Å². The minimum atomic E-state index is -2.30. The van der Waals surface area contributed by atoms with Crippen molar-refractivity contribution in [2.45, 2.75) is 69.6 Å². The molecule has 0 amide bonds.